The molecular formula is C24H24N2O6. The van der Waals surface area contributed by atoms with Gasteiger partial charge in [0.2, 0.25) is 6.79 Å². The molecule has 0 aromatic heterocycles. The smallest absolute Gasteiger partial charge is 0.295 e. The van der Waals surface area contributed by atoms with Crippen molar-refractivity contribution >= 4 is 17.4 Å². The highest BCUT2D eigenvalue weighted by Crippen LogP contribution is 2.42. The van der Waals surface area contributed by atoms with Gasteiger partial charge in [-0.15, -0.1) is 0 Å². The molecule has 8 heteroatoms. The Bertz CT molecular complexity index is 1060. The molecule has 166 valence electrons. The number of carbonyl (C=O) groups is 2. The number of hydrogen-bond donors (Lipinski definition) is 1. The summed E-state index contributed by atoms with van der Waals surface area (Å²) in [5, 5.41) is 11.1. The van der Waals surface area contributed by atoms with Crippen LogP contribution in [-0.4, -0.2) is 72.8 Å². The zero-order valence-electron chi connectivity index (χ0n) is 17.5. The Kier molecular flexibility index (Phi) is 5.55. The average molecular weight is 436 g/mol. The number of likely N-dealkylation sites (tertiary alicyclic amines) is 1. The van der Waals surface area contributed by atoms with E-state index in [9.17, 15) is 14.7 Å². The summed E-state index contributed by atoms with van der Waals surface area (Å²) in [6.07, 6.45) is 0. The number of benzene rings is 2. The fourth-order valence-electron chi connectivity index (χ4n) is 4.37. The van der Waals surface area contributed by atoms with Gasteiger partial charge in [-0.1, -0.05) is 36.4 Å². The summed E-state index contributed by atoms with van der Waals surface area (Å²) in [6.45, 7) is 3.96. The Morgan fingerprint density at radius 1 is 0.969 bits per heavy atom. The van der Waals surface area contributed by atoms with Crippen LogP contribution in [-0.2, 0) is 14.3 Å². The molecule has 0 saturated carbocycles. The van der Waals surface area contributed by atoms with Gasteiger partial charge in [0.15, 0.2) is 11.5 Å². The molecule has 0 spiro atoms. The quantitative estimate of drug-likeness (QED) is 0.437. The lowest BCUT2D eigenvalue weighted by Crippen LogP contribution is -2.42. The number of aliphatic hydroxyl groups is 1. The lowest BCUT2D eigenvalue weighted by atomic mass is 9.95. The van der Waals surface area contributed by atoms with Crippen molar-refractivity contribution in [2.24, 2.45) is 0 Å². The van der Waals surface area contributed by atoms with Gasteiger partial charge < -0.3 is 24.2 Å². The molecule has 8 nitrogen and oxygen atoms in total. The number of rotatable bonds is 5. The summed E-state index contributed by atoms with van der Waals surface area (Å²) in [5.41, 5.74) is 1.26. The fraction of sp³-hybridized carbons (Fsp3) is 0.333. The maximum Gasteiger partial charge on any atom is 0.295 e. The minimum absolute atomic E-state index is 0.0852. The average Bonchev–Trinajstić information content (AvgIpc) is 3.40. The summed E-state index contributed by atoms with van der Waals surface area (Å²) in [5.74, 6) is -0.307. The fourth-order valence-corrected chi connectivity index (χ4v) is 4.37. The minimum Gasteiger partial charge on any atom is -0.507 e. The van der Waals surface area contributed by atoms with E-state index >= 15 is 0 Å². The first-order valence-corrected chi connectivity index (χ1v) is 10.7. The third-order valence-electron chi connectivity index (χ3n) is 6.06. The Morgan fingerprint density at radius 2 is 1.72 bits per heavy atom. The molecule has 1 atom stereocenters. The van der Waals surface area contributed by atoms with E-state index in [1.165, 1.54) is 0 Å². The molecule has 0 aliphatic carbocycles. The van der Waals surface area contributed by atoms with Crippen LogP contribution in [0.4, 0.5) is 0 Å². The van der Waals surface area contributed by atoms with Crippen LogP contribution < -0.4 is 9.47 Å². The molecule has 3 heterocycles. The van der Waals surface area contributed by atoms with Crippen molar-refractivity contribution in [3.05, 3.63) is 65.2 Å². The summed E-state index contributed by atoms with van der Waals surface area (Å²) in [4.78, 5) is 29.9. The Balaban J connectivity index is 1.54. The molecular weight excluding hydrogens is 412 g/mol. The van der Waals surface area contributed by atoms with Gasteiger partial charge in [-0.05, 0) is 17.7 Å². The van der Waals surface area contributed by atoms with Gasteiger partial charge >= 0.3 is 0 Å². The van der Waals surface area contributed by atoms with Gasteiger partial charge in [-0.3, -0.25) is 14.5 Å². The Hall–Kier alpha value is -3.36. The maximum atomic E-state index is 13.1. The number of ether oxygens (including phenoxy) is 3. The van der Waals surface area contributed by atoms with E-state index in [-0.39, 0.29) is 18.1 Å². The third kappa shape index (κ3) is 3.72. The zero-order chi connectivity index (χ0) is 22.1. The number of ketones is 1. The molecule has 2 aromatic carbocycles. The second kappa shape index (κ2) is 8.64. The van der Waals surface area contributed by atoms with E-state index in [0.29, 0.717) is 48.9 Å². The van der Waals surface area contributed by atoms with Crippen LogP contribution in [0.1, 0.15) is 17.2 Å². The highest BCUT2D eigenvalue weighted by molar-refractivity contribution is 6.46. The van der Waals surface area contributed by atoms with Gasteiger partial charge in [0.05, 0.1) is 24.8 Å². The van der Waals surface area contributed by atoms with Crippen molar-refractivity contribution in [3.63, 3.8) is 0 Å². The van der Waals surface area contributed by atoms with Crippen molar-refractivity contribution in [2.45, 2.75) is 6.04 Å². The summed E-state index contributed by atoms with van der Waals surface area (Å²) < 4.78 is 16.3. The van der Waals surface area contributed by atoms with Crippen molar-refractivity contribution in [3.8, 4) is 11.5 Å². The zero-order valence-corrected chi connectivity index (χ0v) is 17.5. The van der Waals surface area contributed by atoms with E-state index in [4.69, 9.17) is 14.2 Å². The number of carbonyl (C=O) groups excluding carboxylic acids is 2. The summed E-state index contributed by atoms with van der Waals surface area (Å²) >= 11 is 0. The van der Waals surface area contributed by atoms with Crippen LogP contribution in [0.5, 0.6) is 11.5 Å². The molecule has 1 unspecified atom stereocenters. The van der Waals surface area contributed by atoms with E-state index in [1.54, 1.807) is 41.3 Å². The van der Waals surface area contributed by atoms with E-state index in [1.807, 2.05) is 12.1 Å². The third-order valence-corrected chi connectivity index (χ3v) is 6.06. The van der Waals surface area contributed by atoms with Gasteiger partial charge in [-0.2, -0.15) is 0 Å². The van der Waals surface area contributed by atoms with Gasteiger partial charge in [-0.25, -0.2) is 0 Å². The number of nitrogens with zero attached hydrogens (tertiary/aromatic N) is 2. The maximum absolute atomic E-state index is 13.1. The standard InChI is InChI=1S/C24H24N2O6/c27-22(16-4-2-1-3-5-16)20-21(17-6-7-18-19(14-17)32-15-31-18)26(24(29)23(20)28)9-8-25-10-12-30-13-11-25/h1-7,14,21,27H,8-13,15H2/b22-20-. The van der Waals surface area contributed by atoms with Gasteiger partial charge in [0, 0.05) is 31.7 Å². The predicted octanol–water partition coefficient (Wildman–Crippen LogP) is 2.17. The number of aliphatic hydroxyl groups excluding tert-OH is 1. The SMILES string of the molecule is O=C1C(=O)N(CCN2CCOCC2)C(c2ccc3c(c2)OCO3)/C1=C(/O)c1ccccc1. The Labute approximate surface area is 185 Å². The van der Waals surface area contributed by atoms with Crippen LogP contribution >= 0.6 is 0 Å². The first kappa shape index (κ1) is 20.5. The van der Waals surface area contributed by atoms with Crippen LogP contribution in [0.15, 0.2) is 54.1 Å². The number of fused-ring (bicyclic) bond motifs is 1. The largest absolute Gasteiger partial charge is 0.507 e. The molecule has 0 radical (unpaired) electrons. The first-order valence-electron chi connectivity index (χ1n) is 10.7. The highest BCUT2D eigenvalue weighted by Gasteiger charge is 2.46. The molecule has 1 amide bonds. The van der Waals surface area contributed by atoms with Crippen molar-refractivity contribution in [1.29, 1.82) is 0 Å². The van der Waals surface area contributed by atoms with Gasteiger partial charge in [0.25, 0.3) is 11.7 Å². The molecule has 2 saturated heterocycles. The van der Waals surface area contributed by atoms with Crippen molar-refractivity contribution in [1.82, 2.24) is 9.80 Å². The van der Waals surface area contributed by atoms with Crippen LogP contribution in [0.25, 0.3) is 5.76 Å². The van der Waals surface area contributed by atoms with Crippen LogP contribution in [0.3, 0.4) is 0 Å². The van der Waals surface area contributed by atoms with Gasteiger partial charge in [0.1, 0.15) is 5.76 Å². The van der Waals surface area contributed by atoms with Crippen molar-refractivity contribution in [2.75, 3.05) is 46.2 Å². The highest BCUT2D eigenvalue weighted by atomic mass is 16.7. The molecule has 2 fully saturated rings. The lowest BCUT2D eigenvalue weighted by Gasteiger charge is -2.31. The normalized spacial score (nSPS) is 22.5. The first-order chi connectivity index (χ1) is 15.6. The van der Waals surface area contributed by atoms with Crippen molar-refractivity contribution < 1.29 is 28.9 Å². The summed E-state index contributed by atoms with van der Waals surface area (Å²) in [7, 11) is 0. The number of morpholine rings is 1. The lowest BCUT2D eigenvalue weighted by molar-refractivity contribution is -0.140. The van der Waals surface area contributed by atoms with Crippen LogP contribution in [0, 0.1) is 0 Å². The van der Waals surface area contributed by atoms with E-state index in [2.05, 4.69) is 4.90 Å². The Morgan fingerprint density at radius 3 is 2.50 bits per heavy atom. The number of amides is 1. The number of Topliss-reactive ketones (excluding diaryl/α,β-unsaturated/α-hetero) is 1. The molecule has 2 aromatic rings. The minimum atomic E-state index is -0.717. The second-order valence-electron chi connectivity index (χ2n) is 7.93. The monoisotopic (exact) mass is 436 g/mol. The second-order valence-corrected chi connectivity index (χ2v) is 7.93. The number of hydrogen-bond acceptors (Lipinski definition) is 7. The molecule has 3 aliphatic heterocycles. The van der Waals surface area contributed by atoms with E-state index in [0.717, 1.165) is 13.1 Å². The molecule has 1 N–H and O–H groups in total. The predicted molar refractivity (Wildman–Crippen MR) is 115 cm³/mol. The van der Waals surface area contributed by atoms with Crippen LogP contribution in [0.2, 0.25) is 0 Å². The molecule has 0 bridgehead atoms. The topological polar surface area (TPSA) is 88.5 Å². The molecule has 32 heavy (non-hydrogen) atoms. The van der Waals surface area contributed by atoms with E-state index < -0.39 is 17.7 Å². The summed E-state index contributed by atoms with van der Waals surface area (Å²) in [6, 6.07) is 13.4. The molecule has 5 rings (SSSR count). The molecule has 3 aliphatic rings.